The van der Waals surface area contributed by atoms with Crippen LogP contribution in [0.5, 0.6) is 0 Å². The SMILES string of the molecule is CC(C)Cc1ccc(C(=O)c2cc(Br)ccc2Cl)cc1. The standard InChI is InChI=1S/C17H16BrClO/c1-11(2)9-12-3-5-13(6-4-12)17(20)15-10-14(18)7-8-16(15)19/h3-8,10-11H,9H2,1-2H3. The Kier molecular flexibility index (Phi) is 5.00. The average molecular weight is 352 g/mol. The van der Waals surface area contributed by atoms with E-state index in [1.807, 2.05) is 30.3 Å². The van der Waals surface area contributed by atoms with Crippen LogP contribution in [-0.4, -0.2) is 5.78 Å². The van der Waals surface area contributed by atoms with E-state index in [0.717, 1.165) is 10.9 Å². The largest absolute Gasteiger partial charge is 0.289 e. The van der Waals surface area contributed by atoms with Gasteiger partial charge in [0.05, 0.1) is 5.02 Å². The third-order valence-electron chi connectivity index (χ3n) is 3.03. The van der Waals surface area contributed by atoms with Crippen molar-refractivity contribution >= 4 is 33.3 Å². The fourth-order valence-electron chi connectivity index (χ4n) is 2.09. The highest BCUT2D eigenvalue weighted by Gasteiger charge is 2.13. The van der Waals surface area contributed by atoms with E-state index < -0.39 is 0 Å². The summed E-state index contributed by atoms with van der Waals surface area (Å²) in [7, 11) is 0. The quantitative estimate of drug-likeness (QED) is 0.662. The van der Waals surface area contributed by atoms with E-state index in [9.17, 15) is 4.79 Å². The van der Waals surface area contributed by atoms with Gasteiger partial charge in [0.15, 0.2) is 5.78 Å². The van der Waals surface area contributed by atoms with Crippen molar-refractivity contribution in [2.75, 3.05) is 0 Å². The minimum atomic E-state index is -0.0487. The predicted octanol–water partition coefficient (Wildman–Crippen LogP) is 5.53. The molecule has 0 bridgehead atoms. The molecule has 0 atom stereocenters. The maximum absolute atomic E-state index is 12.4. The van der Waals surface area contributed by atoms with E-state index in [0.29, 0.717) is 22.1 Å². The smallest absolute Gasteiger partial charge is 0.194 e. The van der Waals surface area contributed by atoms with Crippen molar-refractivity contribution in [2.45, 2.75) is 20.3 Å². The van der Waals surface area contributed by atoms with Crippen LogP contribution in [0.15, 0.2) is 46.9 Å². The molecule has 1 nitrogen and oxygen atoms in total. The van der Waals surface area contributed by atoms with Gasteiger partial charge in [-0.2, -0.15) is 0 Å². The summed E-state index contributed by atoms with van der Waals surface area (Å²) in [6.45, 7) is 4.36. The van der Waals surface area contributed by atoms with Gasteiger partial charge in [0.1, 0.15) is 0 Å². The zero-order valence-electron chi connectivity index (χ0n) is 11.5. The Morgan fingerprint density at radius 1 is 1.15 bits per heavy atom. The van der Waals surface area contributed by atoms with Crippen LogP contribution in [0.1, 0.15) is 35.3 Å². The van der Waals surface area contributed by atoms with Crippen LogP contribution < -0.4 is 0 Å². The summed E-state index contributed by atoms with van der Waals surface area (Å²) in [5, 5.41) is 0.476. The minimum absolute atomic E-state index is 0.0487. The molecule has 2 rings (SSSR count). The van der Waals surface area contributed by atoms with E-state index >= 15 is 0 Å². The predicted molar refractivity (Wildman–Crippen MR) is 87.6 cm³/mol. The summed E-state index contributed by atoms with van der Waals surface area (Å²) in [6, 6.07) is 13.1. The molecule has 0 amide bonds. The molecule has 0 saturated heterocycles. The van der Waals surface area contributed by atoms with E-state index in [2.05, 4.69) is 29.8 Å². The molecule has 0 aromatic heterocycles. The molecule has 2 aromatic carbocycles. The molecule has 20 heavy (non-hydrogen) atoms. The number of rotatable bonds is 4. The Morgan fingerprint density at radius 3 is 2.40 bits per heavy atom. The molecule has 0 aliphatic rings. The van der Waals surface area contributed by atoms with E-state index in [1.165, 1.54) is 5.56 Å². The molecule has 0 aliphatic carbocycles. The van der Waals surface area contributed by atoms with Crippen LogP contribution >= 0.6 is 27.5 Å². The van der Waals surface area contributed by atoms with Gasteiger partial charge in [-0.05, 0) is 36.1 Å². The fourth-order valence-corrected chi connectivity index (χ4v) is 2.66. The summed E-state index contributed by atoms with van der Waals surface area (Å²) in [5.74, 6) is 0.559. The van der Waals surface area contributed by atoms with E-state index in [1.54, 1.807) is 12.1 Å². The van der Waals surface area contributed by atoms with Gasteiger partial charge in [-0.3, -0.25) is 4.79 Å². The molecular weight excluding hydrogens is 336 g/mol. The first-order chi connectivity index (χ1) is 9.47. The van der Waals surface area contributed by atoms with Crippen molar-refractivity contribution in [3.8, 4) is 0 Å². The highest BCUT2D eigenvalue weighted by molar-refractivity contribution is 9.10. The molecule has 0 spiro atoms. The highest BCUT2D eigenvalue weighted by Crippen LogP contribution is 2.24. The minimum Gasteiger partial charge on any atom is -0.289 e. The van der Waals surface area contributed by atoms with Crippen molar-refractivity contribution in [1.29, 1.82) is 0 Å². The molecule has 0 N–H and O–H groups in total. The van der Waals surface area contributed by atoms with Crippen LogP contribution in [0.3, 0.4) is 0 Å². The van der Waals surface area contributed by atoms with Gasteiger partial charge in [-0.1, -0.05) is 65.6 Å². The summed E-state index contributed by atoms with van der Waals surface area (Å²) in [4.78, 5) is 12.4. The lowest BCUT2D eigenvalue weighted by Crippen LogP contribution is -2.03. The second-order valence-corrected chi connectivity index (χ2v) is 6.57. The van der Waals surface area contributed by atoms with Crippen LogP contribution in [0.25, 0.3) is 0 Å². The zero-order chi connectivity index (χ0) is 14.7. The molecule has 0 saturated carbocycles. The Balaban J connectivity index is 2.27. The maximum Gasteiger partial charge on any atom is 0.194 e. The number of carbonyl (C=O) groups excluding carboxylic acids is 1. The van der Waals surface area contributed by atoms with Crippen LogP contribution in [-0.2, 0) is 6.42 Å². The second kappa shape index (κ2) is 6.55. The van der Waals surface area contributed by atoms with Crippen LogP contribution in [0, 0.1) is 5.92 Å². The first-order valence-electron chi connectivity index (χ1n) is 6.56. The first-order valence-corrected chi connectivity index (χ1v) is 7.73. The van der Waals surface area contributed by atoms with Crippen LogP contribution in [0.4, 0.5) is 0 Å². The Labute approximate surface area is 133 Å². The van der Waals surface area contributed by atoms with Crippen molar-refractivity contribution in [1.82, 2.24) is 0 Å². The number of benzene rings is 2. The normalized spacial score (nSPS) is 10.8. The van der Waals surface area contributed by atoms with Gasteiger partial charge in [-0.25, -0.2) is 0 Å². The van der Waals surface area contributed by atoms with Gasteiger partial charge < -0.3 is 0 Å². The second-order valence-electron chi connectivity index (χ2n) is 5.25. The summed E-state index contributed by atoms with van der Waals surface area (Å²) in [6.07, 6.45) is 1.02. The molecule has 3 heteroatoms. The molecule has 0 unspecified atom stereocenters. The van der Waals surface area contributed by atoms with Gasteiger partial charge in [-0.15, -0.1) is 0 Å². The number of carbonyl (C=O) groups is 1. The molecule has 2 aromatic rings. The topological polar surface area (TPSA) is 17.1 Å². The van der Waals surface area contributed by atoms with E-state index in [-0.39, 0.29) is 5.78 Å². The highest BCUT2D eigenvalue weighted by atomic mass is 79.9. The molecular formula is C17H16BrClO. The third-order valence-corrected chi connectivity index (χ3v) is 3.86. The lowest BCUT2D eigenvalue weighted by molar-refractivity contribution is 0.103. The van der Waals surface area contributed by atoms with Crippen molar-refractivity contribution in [2.24, 2.45) is 5.92 Å². The first kappa shape index (κ1) is 15.3. The summed E-state index contributed by atoms with van der Waals surface area (Å²) < 4.78 is 0.849. The van der Waals surface area contributed by atoms with Gasteiger partial charge in [0, 0.05) is 15.6 Å². The Hall–Kier alpha value is -1.12. The van der Waals surface area contributed by atoms with Gasteiger partial charge in [0.2, 0.25) is 0 Å². The van der Waals surface area contributed by atoms with Crippen molar-refractivity contribution in [3.05, 3.63) is 68.7 Å². The van der Waals surface area contributed by atoms with Gasteiger partial charge >= 0.3 is 0 Å². The van der Waals surface area contributed by atoms with Crippen LogP contribution in [0.2, 0.25) is 5.02 Å². The fraction of sp³-hybridized carbons (Fsp3) is 0.235. The Morgan fingerprint density at radius 2 is 1.80 bits per heavy atom. The molecule has 0 fully saturated rings. The number of hydrogen-bond acceptors (Lipinski definition) is 1. The van der Waals surface area contributed by atoms with Crippen molar-refractivity contribution in [3.63, 3.8) is 0 Å². The molecule has 0 radical (unpaired) electrons. The van der Waals surface area contributed by atoms with Gasteiger partial charge in [0.25, 0.3) is 0 Å². The lowest BCUT2D eigenvalue weighted by Gasteiger charge is -2.07. The maximum atomic E-state index is 12.4. The number of halogens is 2. The molecule has 104 valence electrons. The summed E-state index contributed by atoms with van der Waals surface area (Å²) in [5.41, 5.74) is 2.44. The van der Waals surface area contributed by atoms with Crippen molar-refractivity contribution < 1.29 is 4.79 Å². The molecule has 0 aliphatic heterocycles. The zero-order valence-corrected chi connectivity index (χ0v) is 13.8. The average Bonchev–Trinajstić information content (AvgIpc) is 2.41. The summed E-state index contributed by atoms with van der Waals surface area (Å²) >= 11 is 9.46. The van der Waals surface area contributed by atoms with E-state index in [4.69, 9.17) is 11.6 Å². The third kappa shape index (κ3) is 3.71. The number of hydrogen-bond donors (Lipinski definition) is 0. The Bertz CT molecular complexity index is 617. The monoisotopic (exact) mass is 350 g/mol. The lowest BCUT2D eigenvalue weighted by atomic mass is 9.98. The number of ketones is 1. The molecule has 0 heterocycles.